The van der Waals surface area contributed by atoms with Crippen molar-refractivity contribution in [2.45, 2.75) is 58.2 Å². The molecule has 2 aliphatic rings. The van der Waals surface area contributed by atoms with E-state index in [2.05, 4.69) is 11.8 Å². The van der Waals surface area contributed by atoms with Crippen molar-refractivity contribution in [3.05, 3.63) is 30.1 Å². The molecule has 0 bridgehead atoms. The maximum atomic E-state index is 13.3. The van der Waals surface area contributed by atoms with E-state index in [4.69, 9.17) is 4.99 Å². The second kappa shape index (κ2) is 8.21. The van der Waals surface area contributed by atoms with Crippen molar-refractivity contribution in [2.75, 3.05) is 17.2 Å². The van der Waals surface area contributed by atoms with Crippen LogP contribution in [0, 0.1) is 5.82 Å². The molecule has 1 saturated heterocycles. The van der Waals surface area contributed by atoms with E-state index in [1.807, 2.05) is 0 Å². The first-order valence-corrected chi connectivity index (χ1v) is 10.1. The van der Waals surface area contributed by atoms with Gasteiger partial charge in [0, 0.05) is 24.9 Å². The van der Waals surface area contributed by atoms with E-state index in [1.54, 1.807) is 35.7 Å². The topological polar surface area (TPSA) is 35.9 Å². The van der Waals surface area contributed by atoms with E-state index in [0.29, 0.717) is 6.04 Å². The molecule has 2 fully saturated rings. The molecular formula is C19H26FN3OS. The van der Waals surface area contributed by atoms with Crippen molar-refractivity contribution in [3.8, 4) is 0 Å². The average molecular weight is 364 g/mol. The molecule has 1 unspecified atom stereocenters. The lowest BCUT2D eigenvalue weighted by atomic mass is 9.96. The molecule has 1 aromatic carbocycles. The quantitative estimate of drug-likeness (QED) is 0.802. The summed E-state index contributed by atoms with van der Waals surface area (Å²) in [7, 11) is 0. The molecule has 25 heavy (non-hydrogen) atoms. The van der Waals surface area contributed by atoms with Crippen molar-refractivity contribution in [2.24, 2.45) is 4.99 Å². The Labute approximate surface area is 153 Å². The molecule has 1 amide bonds. The SMILES string of the molecule is CCN1C(=NC2CCCCC2)SCC1N(C(C)=O)c1ccc(F)cc1. The van der Waals surface area contributed by atoms with Crippen molar-refractivity contribution < 1.29 is 9.18 Å². The largest absolute Gasteiger partial charge is 0.330 e. The highest BCUT2D eigenvalue weighted by molar-refractivity contribution is 8.14. The molecule has 0 aromatic heterocycles. The lowest BCUT2D eigenvalue weighted by Gasteiger charge is -2.34. The van der Waals surface area contributed by atoms with Crippen LogP contribution in [-0.2, 0) is 4.79 Å². The maximum Gasteiger partial charge on any atom is 0.225 e. The summed E-state index contributed by atoms with van der Waals surface area (Å²) in [6.45, 7) is 4.46. The van der Waals surface area contributed by atoms with Gasteiger partial charge in [-0.3, -0.25) is 14.7 Å². The van der Waals surface area contributed by atoms with Crippen molar-refractivity contribution in [1.29, 1.82) is 0 Å². The number of rotatable bonds is 4. The minimum absolute atomic E-state index is 0.0328. The van der Waals surface area contributed by atoms with Gasteiger partial charge in [-0.15, -0.1) is 0 Å². The first-order valence-electron chi connectivity index (χ1n) is 9.12. The van der Waals surface area contributed by atoms with E-state index >= 15 is 0 Å². The number of anilines is 1. The molecule has 1 atom stereocenters. The molecule has 1 aromatic rings. The van der Waals surface area contributed by atoms with Crippen LogP contribution in [-0.4, -0.2) is 40.5 Å². The number of benzene rings is 1. The zero-order chi connectivity index (χ0) is 17.8. The lowest BCUT2D eigenvalue weighted by Crippen LogP contribution is -2.50. The fraction of sp³-hybridized carbons (Fsp3) is 0.579. The number of amidine groups is 1. The first kappa shape index (κ1) is 18.2. The maximum absolute atomic E-state index is 13.3. The van der Waals surface area contributed by atoms with E-state index in [0.717, 1.165) is 23.2 Å². The van der Waals surface area contributed by atoms with Gasteiger partial charge in [0.05, 0.1) is 6.04 Å². The molecule has 6 heteroatoms. The molecule has 1 saturated carbocycles. The number of thioether (sulfide) groups is 1. The van der Waals surface area contributed by atoms with Gasteiger partial charge in [-0.1, -0.05) is 31.0 Å². The Morgan fingerprint density at radius 2 is 1.96 bits per heavy atom. The highest BCUT2D eigenvalue weighted by atomic mass is 32.2. The van der Waals surface area contributed by atoms with E-state index in [1.165, 1.54) is 44.2 Å². The predicted molar refractivity (Wildman–Crippen MR) is 102 cm³/mol. The zero-order valence-electron chi connectivity index (χ0n) is 14.9. The second-order valence-electron chi connectivity index (χ2n) is 6.65. The molecule has 136 valence electrons. The summed E-state index contributed by atoms with van der Waals surface area (Å²) in [6.07, 6.45) is 6.10. The minimum Gasteiger partial charge on any atom is -0.330 e. The Morgan fingerprint density at radius 1 is 1.28 bits per heavy atom. The van der Waals surface area contributed by atoms with Crippen molar-refractivity contribution in [3.63, 3.8) is 0 Å². The van der Waals surface area contributed by atoms with Crippen LogP contribution in [0.3, 0.4) is 0 Å². The molecule has 1 heterocycles. The summed E-state index contributed by atoms with van der Waals surface area (Å²) in [6, 6.07) is 6.57. The fourth-order valence-electron chi connectivity index (χ4n) is 3.65. The molecular weight excluding hydrogens is 337 g/mol. The molecule has 1 aliphatic heterocycles. The number of hydrogen-bond acceptors (Lipinski definition) is 3. The van der Waals surface area contributed by atoms with Gasteiger partial charge < -0.3 is 4.90 Å². The summed E-state index contributed by atoms with van der Waals surface area (Å²) >= 11 is 1.73. The number of nitrogens with zero attached hydrogens (tertiary/aromatic N) is 3. The van der Waals surface area contributed by atoms with Crippen LogP contribution in [0.25, 0.3) is 0 Å². The Bertz CT molecular complexity index is 628. The Hall–Kier alpha value is -1.56. The van der Waals surface area contributed by atoms with Crippen molar-refractivity contribution in [1.82, 2.24) is 4.90 Å². The minimum atomic E-state index is -0.292. The fourth-order valence-corrected chi connectivity index (χ4v) is 4.92. The van der Waals surface area contributed by atoms with E-state index in [9.17, 15) is 9.18 Å². The van der Waals surface area contributed by atoms with Gasteiger partial charge in [0.2, 0.25) is 5.91 Å². The molecule has 0 radical (unpaired) electrons. The van der Waals surface area contributed by atoms with Gasteiger partial charge in [0.1, 0.15) is 12.0 Å². The number of carbonyl (C=O) groups excluding carboxylic acids is 1. The average Bonchev–Trinajstić information content (AvgIpc) is 2.99. The van der Waals surface area contributed by atoms with Gasteiger partial charge in [0.15, 0.2) is 5.17 Å². The molecule has 3 rings (SSSR count). The Morgan fingerprint density at radius 3 is 2.56 bits per heavy atom. The highest BCUT2D eigenvalue weighted by Crippen LogP contribution is 2.32. The summed E-state index contributed by atoms with van der Waals surface area (Å²) in [5, 5.41) is 1.05. The number of aliphatic imine (C=N–C) groups is 1. The summed E-state index contributed by atoms with van der Waals surface area (Å²) < 4.78 is 13.3. The van der Waals surface area contributed by atoms with Crippen LogP contribution >= 0.6 is 11.8 Å². The monoisotopic (exact) mass is 363 g/mol. The smallest absolute Gasteiger partial charge is 0.225 e. The number of carbonyl (C=O) groups is 1. The van der Waals surface area contributed by atoms with Gasteiger partial charge in [-0.05, 0) is 44.0 Å². The van der Waals surface area contributed by atoms with Gasteiger partial charge in [-0.25, -0.2) is 4.39 Å². The van der Waals surface area contributed by atoms with E-state index in [-0.39, 0.29) is 17.9 Å². The first-order chi connectivity index (χ1) is 12.1. The Balaban J connectivity index is 1.83. The zero-order valence-corrected chi connectivity index (χ0v) is 15.8. The Kier molecular flexibility index (Phi) is 5.99. The third-order valence-corrected chi connectivity index (χ3v) is 5.98. The molecule has 0 N–H and O–H groups in total. The molecule has 4 nitrogen and oxygen atoms in total. The summed E-state index contributed by atoms with van der Waals surface area (Å²) in [5.41, 5.74) is 0.733. The van der Waals surface area contributed by atoms with Crippen LogP contribution in [0.15, 0.2) is 29.3 Å². The molecule has 0 spiro atoms. The number of amides is 1. The third kappa shape index (κ3) is 4.17. The second-order valence-corrected chi connectivity index (χ2v) is 7.63. The van der Waals surface area contributed by atoms with Crippen LogP contribution in [0.1, 0.15) is 46.0 Å². The van der Waals surface area contributed by atoms with E-state index < -0.39 is 0 Å². The summed E-state index contributed by atoms with van der Waals surface area (Å²) in [4.78, 5) is 21.3. The predicted octanol–water partition coefficient (Wildman–Crippen LogP) is 4.26. The van der Waals surface area contributed by atoms with Crippen LogP contribution in [0.4, 0.5) is 10.1 Å². The van der Waals surface area contributed by atoms with Crippen LogP contribution < -0.4 is 4.90 Å². The normalized spacial score (nSPS) is 23.2. The van der Waals surface area contributed by atoms with Crippen molar-refractivity contribution >= 4 is 28.5 Å². The number of halogens is 1. The molecule has 1 aliphatic carbocycles. The lowest BCUT2D eigenvalue weighted by molar-refractivity contribution is -0.117. The van der Waals surface area contributed by atoms with Crippen LogP contribution in [0.2, 0.25) is 0 Å². The third-order valence-electron chi connectivity index (χ3n) is 4.92. The van der Waals surface area contributed by atoms with Gasteiger partial charge in [0.25, 0.3) is 0 Å². The van der Waals surface area contributed by atoms with Gasteiger partial charge in [-0.2, -0.15) is 0 Å². The summed E-state index contributed by atoms with van der Waals surface area (Å²) in [5.74, 6) is 0.464. The standard InChI is InChI=1S/C19H26FN3OS/c1-3-22-18(13-25-19(22)21-16-7-5-4-6-8-16)23(14(2)24)17-11-9-15(20)10-12-17/h9-12,16,18H,3-8,13H2,1-2H3. The van der Waals surface area contributed by atoms with Gasteiger partial charge >= 0.3 is 0 Å². The highest BCUT2D eigenvalue weighted by Gasteiger charge is 2.36. The number of hydrogen-bond donors (Lipinski definition) is 0. The van der Waals surface area contributed by atoms with Crippen LogP contribution in [0.5, 0.6) is 0 Å².